The molecule has 0 saturated heterocycles. The van der Waals surface area contributed by atoms with Crippen LogP contribution in [0.1, 0.15) is 42.7 Å². The molecule has 0 radical (unpaired) electrons. The number of hydrogen-bond donors (Lipinski definition) is 2. The average Bonchev–Trinajstić information content (AvgIpc) is 2.51. The number of esters is 2. The van der Waals surface area contributed by atoms with E-state index < -0.39 is 23.9 Å². The topological polar surface area (TPSA) is 121 Å². The Morgan fingerprint density at radius 2 is 1.92 bits per heavy atom. The van der Waals surface area contributed by atoms with E-state index in [2.05, 4.69) is 10.3 Å². The van der Waals surface area contributed by atoms with Crippen molar-refractivity contribution in [2.75, 3.05) is 18.9 Å². The molecule has 0 saturated carbocycles. The summed E-state index contributed by atoms with van der Waals surface area (Å²) in [5.41, 5.74) is 6.79. The van der Waals surface area contributed by atoms with E-state index in [0.717, 1.165) is 0 Å². The fourth-order valence-corrected chi connectivity index (χ4v) is 2.05. The molecule has 24 heavy (non-hydrogen) atoms. The molecule has 0 aliphatic rings. The van der Waals surface area contributed by atoms with Crippen molar-refractivity contribution in [3.05, 3.63) is 23.5 Å². The zero-order chi connectivity index (χ0) is 18.1. The van der Waals surface area contributed by atoms with Crippen LogP contribution in [0.5, 0.6) is 0 Å². The minimum absolute atomic E-state index is 0.00819. The van der Waals surface area contributed by atoms with Crippen LogP contribution in [0.15, 0.2) is 12.3 Å². The van der Waals surface area contributed by atoms with E-state index in [9.17, 15) is 14.4 Å². The summed E-state index contributed by atoms with van der Waals surface area (Å²) in [6.45, 7) is 5.47. The number of nitrogen functional groups attached to an aromatic ring is 1. The number of carbonyl (C=O) groups excluding carboxylic acids is 3. The summed E-state index contributed by atoms with van der Waals surface area (Å²) in [5, 5.41) is 2.55. The van der Waals surface area contributed by atoms with Crippen LogP contribution in [0.3, 0.4) is 0 Å². The fraction of sp³-hybridized carbons (Fsp3) is 0.500. The molecule has 1 aromatic rings. The summed E-state index contributed by atoms with van der Waals surface area (Å²) >= 11 is 0. The first kappa shape index (κ1) is 19.4. The van der Waals surface area contributed by atoms with E-state index in [1.165, 1.54) is 6.20 Å². The molecule has 3 N–H and O–H groups in total. The van der Waals surface area contributed by atoms with Crippen LogP contribution in [0.25, 0.3) is 0 Å². The first-order valence-corrected chi connectivity index (χ1v) is 7.74. The highest BCUT2D eigenvalue weighted by Gasteiger charge is 2.25. The maximum atomic E-state index is 12.3. The van der Waals surface area contributed by atoms with Crippen LogP contribution in [0, 0.1) is 6.92 Å². The predicted octanol–water partition coefficient (Wildman–Crippen LogP) is 0.977. The predicted molar refractivity (Wildman–Crippen MR) is 87.1 cm³/mol. The van der Waals surface area contributed by atoms with E-state index in [-0.39, 0.29) is 31.7 Å². The molecule has 0 aliphatic carbocycles. The number of rotatable bonds is 8. The number of hydrogen-bond acceptors (Lipinski definition) is 7. The summed E-state index contributed by atoms with van der Waals surface area (Å²) < 4.78 is 9.76. The zero-order valence-electron chi connectivity index (χ0n) is 14.1. The number of ether oxygens (including phenoxy) is 2. The van der Waals surface area contributed by atoms with E-state index in [1.54, 1.807) is 26.8 Å². The lowest BCUT2D eigenvalue weighted by Crippen LogP contribution is -2.42. The minimum atomic E-state index is -0.958. The number of anilines is 1. The number of nitrogens with two attached hydrogens (primary N) is 1. The highest BCUT2D eigenvalue weighted by atomic mass is 16.5. The number of nitrogens with zero attached hydrogens (tertiary/aromatic N) is 1. The van der Waals surface area contributed by atoms with Gasteiger partial charge in [-0.15, -0.1) is 0 Å². The summed E-state index contributed by atoms with van der Waals surface area (Å²) in [4.78, 5) is 39.8. The average molecular weight is 337 g/mol. The zero-order valence-corrected chi connectivity index (χ0v) is 14.1. The van der Waals surface area contributed by atoms with Gasteiger partial charge in [-0.3, -0.25) is 9.59 Å². The highest BCUT2D eigenvalue weighted by molar-refractivity contribution is 5.96. The summed E-state index contributed by atoms with van der Waals surface area (Å²) in [5.74, 6) is -1.58. The van der Waals surface area contributed by atoms with Gasteiger partial charge in [-0.2, -0.15) is 0 Å². The van der Waals surface area contributed by atoms with E-state index in [0.29, 0.717) is 11.3 Å². The summed E-state index contributed by atoms with van der Waals surface area (Å²) in [6.07, 6.45) is 1.43. The molecule has 132 valence electrons. The van der Waals surface area contributed by atoms with Crippen molar-refractivity contribution in [3.8, 4) is 0 Å². The Morgan fingerprint density at radius 1 is 1.25 bits per heavy atom. The van der Waals surface area contributed by atoms with E-state index >= 15 is 0 Å². The third kappa shape index (κ3) is 5.86. The van der Waals surface area contributed by atoms with Crippen LogP contribution >= 0.6 is 0 Å². The number of amides is 1. The van der Waals surface area contributed by atoms with Crippen LogP contribution in [0.4, 0.5) is 5.69 Å². The molecule has 1 amide bonds. The lowest BCUT2D eigenvalue weighted by Gasteiger charge is -2.17. The number of aromatic nitrogens is 1. The second-order valence-electron chi connectivity index (χ2n) is 5.06. The first-order valence-electron chi connectivity index (χ1n) is 7.74. The summed E-state index contributed by atoms with van der Waals surface area (Å²) in [7, 11) is 0. The number of pyridine rings is 1. The highest BCUT2D eigenvalue weighted by Crippen LogP contribution is 2.10. The Bertz CT molecular complexity index is 603. The number of nitrogens with one attached hydrogen (secondary N) is 1. The normalized spacial score (nSPS) is 11.5. The van der Waals surface area contributed by atoms with E-state index in [4.69, 9.17) is 15.2 Å². The quantitative estimate of drug-likeness (QED) is 0.678. The Morgan fingerprint density at radius 3 is 2.50 bits per heavy atom. The Kier molecular flexibility index (Phi) is 7.67. The van der Waals surface area contributed by atoms with Gasteiger partial charge in [-0.25, -0.2) is 9.78 Å². The van der Waals surface area contributed by atoms with Crippen molar-refractivity contribution in [3.63, 3.8) is 0 Å². The van der Waals surface area contributed by atoms with Gasteiger partial charge in [0.25, 0.3) is 5.91 Å². The van der Waals surface area contributed by atoms with Crippen LogP contribution in [-0.4, -0.2) is 42.1 Å². The molecule has 0 aliphatic heterocycles. The third-order valence-electron chi connectivity index (χ3n) is 3.13. The Hall–Kier alpha value is -2.64. The molecule has 0 spiro atoms. The van der Waals surface area contributed by atoms with Gasteiger partial charge in [0.1, 0.15) is 11.7 Å². The molecule has 0 unspecified atom stereocenters. The smallest absolute Gasteiger partial charge is 0.328 e. The van der Waals surface area contributed by atoms with Gasteiger partial charge < -0.3 is 20.5 Å². The molecule has 1 heterocycles. The second kappa shape index (κ2) is 9.49. The Balaban J connectivity index is 2.81. The van der Waals surface area contributed by atoms with Crippen molar-refractivity contribution in [1.82, 2.24) is 10.3 Å². The molecule has 0 fully saturated rings. The second-order valence-corrected chi connectivity index (χ2v) is 5.06. The first-order chi connectivity index (χ1) is 11.4. The van der Waals surface area contributed by atoms with E-state index in [1.807, 2.05) is 0 Å². The standard InChI is InChI=1S/C16H23N3O5/c1-4-23-13(20)7-6-12(16(22)24-5-2)19-15(21)14-10(3)8-11(17)9-18-14/h8-9,12H,4-7,17H2,1-3H3,(H,19,21)/t12-/m0/s1. The molecule has 0 bridgehead atoms. The monoisotopic (exact) mass is 337 g/mol. The molecule has 0 aromatic carbocycles. The molecule has 1 rings (SSSR count). The van der Waals surface area contributed by atoms with Crippen molar-refractivity contribution >= 4 is 23.5 Å². The summed E-state index contributed by atoms with van der Waals surface area (Å²) in [6, 6.07) is 0.653. The number of aryl methyl sites for hydroxylation is 1. The molecule has 1 aromatic heterocycles. The van der Waals surface area contributed by atoms with Crippen LogP contribution < -0.4 is 11.1 Å². The van der Waals surface area contributed by atoms with Gasteiger partial charge in [-0.05, 0) is 38.8 Å². The Labute approximate surface area is 140 Å². The largest absolute Gasteiger partial charge is 0.466 e. The maximum Gasteiger partial charge on any atom is 0.328 e. The van der Waals surface area contributed by atoms with Gasteiger partial charge in [0.05, 0.1) is 25.1 Å². The van der Waals surface area contributed by atoms with Crippen LogP contribution in [0.2, 0.25) is 0 Å². The van der Waals surface area contributed by atoms with Crippen molar-refractivity contribution < 1.29 is 23.9 Å². The molecule has 8 heteroatoms. The van der Waals surface area contributed by atoms with Crippen molar-refractivity contribution in [2.24, 2.45) is 0 Å². The molecular formula is C16H23N3O5. The van der Waals surface area contributed by atoms with Crippen molar-refractivity contribution in [1.29, 1.82) is 0 Å². The maximum absolute atomic E-state index is 12.3. The number of carbonyl (C=O) groups is 3. The van der Waals surface area contributed by atoms with Gasteiger partial charge in [-0.1, -0.05) is 0 Å². The van der Waals surface area contributed by atoms with Crippen LogP contribution in [-0.2, 0) is 19.1 Å². The SMILES string of the molecule is CCOC(=O)CC[C@H](NC(=O)c1ncc(N)cc1C)C(=O)OCC. The minimum Gasteiger partial charge on any atom is -0.466 e. The van der Waals surface area contributed by atoms with Crippen molar-refractivity contribution in [2.45, 2.75) is 39.7 Å². The molecule has 1 atom stereocenters. The van der Waals surface area contributed by atoms with Gasteiger partial charge in [0.2, 0.25) is 0 Å². The fourth-order valence-electron chi connectivity index (χ4n) is 2.05. The lowest BCUT2D eigenvalue weighted by molar-refractivity contribution is -0.146. The van der Waals surface area contributed by atoms with Gasteiger partial charge in [0, 0.05) is 6.42 Å². The molecule has 8 nitrogen and oxygen atoms in total. The van der Waals surface area contributed by atoms with Gasteiger partial charge in [0.15, 0.2) is 0 Å². The molecular weight excluding hydrogens is 314 g/mol. The third-order valence-corrected chi connectivity index (χ3v) is 3.13. The lowest BCUT2D eigenvalue weighted by atomic mass is 10.1. The van der Waals surface area contributed by atoms with Gasteiger partial charge >= 0.3 is 11.9 Å².